The molecule has 88 valence electrons. The van der Waals surface area contributed by atoms with E-state index in [1.807, 2.05) is 36.4 Å². The Labute approximate surface area is 109 Å². The van der Waals surface area contributed by atoms with E-state index in [0.29, 0.717) is 5.02 Å². The summed E-state index contributed by atoms with van der Waals surface area (Å²) in [4.78, 5) is 4.28. The quantitative estimate of drug-likeness (QED) is 0.705. The first kappa shape index (κ1) is 11.1. The molecule has 0 atom stereocenters. The number of rotatable bonds is 1. The summed E-state index contributed by atoms with van der Waals surface area (Å²) >= 11 is 6.13. The predicted molar refractivity (Wildman–Crippen MR) is 73.9 cm³/mol. The lowest BCUT2D eigenvalue weighted by atomic mass is 10.0. The zero-order valence-corrected chi connectivity index (χ0v) is 10.2. The van der Waals surface area contributed by atoms with Gasteiger partial charge in [0, 0.05) is 17.1 Å². The number of aromatic hydroxyl groups is 1. The van der Waals surface area contributed by atoms with Gasteiger partial charge in [-0.25, -0.2) is 0 Å². The molecule has 0 aliphatic rings. The first-order chi connectivity index (χ1) is 8.77. The Morgan fingerprint density at radius 2 is 1.72 bits per heavy atom. The summed E-state index contributed by atoms with van der Waals surface area (Å²) in [5, 5.41) is 11.5. The molecule has 0 bridgehead atoms. The van der Waals surface area contributed by atoms with Gasteiger partial charge in [0.1, 0.15) is 5.75 Å². The van der Waals surface area contributed by atoms with Gasteiger partial charge in [0.05, 0.1) is 10.5 Å². The number of para-hydroxylation sites is 2. The van der Waals surface area contributed by atoms with E-state index in [-0.39, 0.29) is 5.75 Å². The molecule has 3 heteroatoms. The average Bonchev–Trinajstić information content (AvgIpc) is 2.40. The van der Waals surface area contributed by atoms with Crippen molar-refractivity contribution in [1.29, 1.82) is 0 Å². The van der Waals surface area contributed by atoms with Crippen molar-refractivity contribution >= 4 is 22.5 Å². The maximum absolute atomic E-state index is 9.94. The number of hydrogen-bond acceptors (Lipinski definition) is 2. The summed E-state index contributed by atoms with van der Waals surface area (Å²) in [5.41, 5.74) is 2.47. The van der Waals surface area contributed by atoms with Crippen LogP contribution in [-0.2, 0) is 0 Å². The van der Waals surface area contributed by atoms with E-state index in [9.17, 15) is 5.11 Å². The van der Waals surface area contributed by atoms with Crippen LogP contribution in [0, 0.1) is 0 Å². The Morgan fingerprint density at radius 3 is 2.56 bits per heavy atom. The summed E-state index contributed by atoms with van der Waals surface area (Å²) in [6.07, 6.45) is 1.70. The molecule has 0 saturated carbocycles. The van der Waals surface area contributed by atoms with Crippen molar-refractivity contribution in [2.24, 2.45) is 0 Å². The molecular weight excluding hydrogens is 246 g/mol. The van der Waals surface area contributed by atoms with Crippen molar-refractivity contribution in [1.82, 2.24) is 4.98 Å². The molecule has 0 spiro atoms. The number of fused-ring (bicyclic) bond motifs is 1. The second kappa shape index (κ2) is 4.31. The largest absolute Gasteiger partial charge is 0.507 e. The van der Waals surface area contributed by atoms with Crippen molar-refractivity contribution in [2.75, 3.05) is 0 Å². The third-order valence-electron chi connectivity index (χ3n) is 2.92. The van der Waals surface area contributed by atoms with Crippen LogP contribution in [0.1, 0.15) is 0 Å². The third-order valence-corrected chi connectivity index (χ3v) is 3.22. The number of nitrogens with zero attached hydrogens (tertiary/aromatic N) is 1. The van der Waals surface area contributed by atoms with E-state index in [1.54, 1.807) is 18.3 Å². The highest BCUT2D eigenvalue weighted by Crippen LogP contribution is 2.35. The fourth-order valence-corrected chi connectivity index (χ4v) is 2.30. The van der Waals surface area contributed by atoms with Gasteiger partial charge in [0.2, 0.25) is 0 Å². The van der Waals surface area contributed by atoms with E-state index >= 15 is 0 Å². The van der Waals surface area contributed by atoms with Crippen LogP contribution in [0.2, 0.25) is 5.02 Å². The molecule has 0 radical (unpaired) electrons. The van der Waals surface area contributed by atoms with Crippen LogP contribution >= 0.6 is 11.6 Å². The van der Waals surface area contributed by atoms with Crippen LogP contribution in [0.3, 0.4) is 0 Å². The maximum atomic E-state index is 9.94. The predicted octanol–water partition coefficient (Wildman–Crippen LogP) is 4.26. The summed E-state index contributed by atoms with van der Waals surface area (Å²) < 4.78 is 0. The fourth-order valence-electron chi connectivity index (χ4n) is 2.08. The van der Waals surface area contributed by atoms with Crippen molar-refractivity contribution in [3.05, 3.63) is 59.8 Å². The molecule has 2 nitrogen and oxygen atoms in total. The van der Waals surface area contributed by atoms with Crippen molar-refractivity contribution < 1.29 is 5.11 Å². The molecule has 1 N–H and O–H groups in total. The van der Waals surface area contributed by atoms with Gasteiger partial charge < -0.3 is 5.11 Å². The van der Waals surface area contributed by atoms with Gasteiger partial charge in [0.25, 0.3) is 0 Å². The molecule has 1 aromatic heterocycles. The van der Waals surface area contributed by atoms with Gasteiger partial charge in [-0.05, 0) is 23.8 Å². The van der Waals surface area contributed by atoms with Crippen molar-refractivity contribution in [2.45, 2.75) is 0 Å². The third kappa shape index (κ3) is 1.71. The Hall–Kier alpha value is -2.06. The number of hydrogen-bond donors (Lipinski definition) is 1. The number of aromatic nitrogens is 1. The van der Waals surface area contributed by atoms with E-state index in [2.05, 4.69) is 4.98 Å². The second-order valence-corrected chi connectivity index (χ2v) is 4.42. The normalized spacial score (nSPS) is 10.7. The first-order valence-electron chi connectivity index (χ1n) is 5.59. The molecule has 3 rings (SSSR count). The first-order valence-corrected chi connectivity index (χ1v) is 5.97. The lowest BCUT2D eigenvalue weighted by Gasteiger charge is -2.08. The van der Waals surface area contributed by atoms with Crippen LogP contribution in [0.25, 0.3) is 22.0 Å². The van der Waals surface area contributed by atoms with Gasteiger partial charge in [0.15, 0.2) is 0 Å². The zero-order valence-electron chi connectivity index (χ0n) is 9.47. The van der Waals surface area contributed by atoms with Gasteiger partial charge in [-0.1, -0.05) is 41.9 Å². The fraction of sp³-hybridized carbons (Fsp3) is 0. The summed E-state index contributed by atoms with van der Waals surface area (Å²) in [6, 6.07) is 14.8. The number of pyridine rings is 1. The van der Waals surface area contributed by atoms with Crippen LogP contribution in [0.15, 0.2) is 54.7 Å². The molecule has 0 saturated heterocycles. The number of halogens is 1. The van der Waals surface area contributed by atoms with Gasteiger partial charge in [-0.15, -0.1) is 0 Å². The SMILES string of the molecule is Oc1ccccc1-c1ccnc2c(Cl)cccc12. The monoisotopic (exact) mass is 255 g/mol. The number of benzene rings is 2. The summed E-state index contributed by atoms with van der Waals surface area (Å²) in [5.74, 6) is 0.255. The minimum atomic E-state index is 0.255. The van der Waals surface area contributed by atoms with Gasteiger partial charge in [-0.3, -0.25) is 4.98 Å². The smallest absolute Gasteiger partial charge is 0.123 e. The van der Waals surface area contributed by atoms with Crippen LogP contribution in [-0.4, -0.2) is 10.1 Å². The Bertz CT molecular complexity index is 725. The molecule has 18 heavy (non-hydrogen) atoms. The standard InChI is InChI=1S/C15H10ClNO/c16-13-6-3-5-12-10(8-9-17-15(12)13)11-4-1-2-7-14(11)18/h1-9,18H. The lowest BCUT2D eigenvalue weighted by Crippen LogP contribution is -1.85. The molecule has 0 amide bonds. The van der Waals surface area contributed by atoms with Crippen LogP contribution in [0.5, 0.6) is 5.75 Å². The molecular formula is C15H10ClNO. The van der Waals surface area contributed by atoms with Gasteiger partial charge in [-0.2, -0.15) is 0 Å². The maximum Gasteiger partial charge on any atom is 0.123 e. The average molecular weight is 256 g/mol. The molecule has 2 aromatic carbocycles. The summed E-state index contributed by atoms with van der Waals surface area (Å²) in [7, 11) is 0. The van der Waals surface area contributed by atoms with E-state index in [1.165, 1.54) is 0 Å². The zero-order chi connectivity index (χ0) is 12.5. The molecule has 0 unspecified atom stereocenters. The molecule has 0 fully saturated rings. The minimum Gasteiger partial charge on any atom is -0.507 e. The molecule has 0 aliphatic heterocycles. The highest BCUT2D eigenvalue weighted by atomic mass is 35.5. The minimum absolute atomic E-state index is 0.255. The Morgan fingerprint density at radius 1 is 0.889 bits per heavy atom. The molecule has 3 aromatic rings. The van der Waals surface area contributed by atoms with E-state index in [0.717, 1.165) is 22.0 Å². The Balaban J connectivity index is 2.37. The van der Waals surface area contributed by atoms with Crippen molar-refractivity contribution in [3.63, 3.8) is 0 Å². The summed E-state index contributed by atoms with van der Waals surface area (Å²) in [6.45, 7) is 0. The highest BCUT2D eigenvalue weighted by molar-refractivity contribution is 6.35. The second-order valence-electron chi connectivity index (χ2n) is 4.01. The van der Waals surface area contributed by atoms with E-state index in [4.69, 9.17) is 11.6 Å². The number of phenolic OH excluding ortho intramolecular Hbond substituents is 1. The number of phenols is 1. The van der Waals surface area contributed by atoms with E-state index < -0.39 is 0 Å². The molecule has 0 aliphatic carbocycles. The topological polar surface area (TPSA) is 33.1 Å². The molecule has 1 heterocycles. The van der Waals surface area contributed by atoms with Gasteiger partial charge >= 0.3 is 0 Å². The lowest BCUT2D eigenvalue weighted by molar-refractivity contribution is 0.477. The Kier molecular flexibility index (Phi) is 2.65. The van der Waals surface area contributed by atoms with Crippen LogP contribution < -0.4 is 0 Å². The van der Waals surface area contributed by atoms with Crippen LogP contribution in [0.4, 0.5) is 0 Å². The highest BCUT2D eigenvalue weighted by Gasteiger charge is 2.09. The van der Waals surface area contributed by atoms with Crippen molar-refractivity contribution in [3.8, 4) is 16.9 Å².